The molecule has 0 atom stereocenters. The van der Waals surface area contributed by atoms with Crippen LogP contribution in [0.25, 0.3) is 0 Å². The van der Waals surface area contributed by atoms with Crippen molar-refractivity contribution in [1.82, 2.24) is 9.55 Å². The van der Waals surface area contributed by atoms with Crippen LogP contribution in [0.3, 0.4) is 0 Å². The quantitative estimate of drug-likeness (QED) is 0.851. The predicted molar refractivity (Wildman–Crippen MR) is 65.0 cm³/mol. The molecule has 2 rings (SSSR count). The number of nitrogen functional groups attached to an aromatic ring is 1. The van der Waals surface area contributed by atoms with Crippen LogP contribution in [0, 0.1) is 0 Å². The van der Waals surface area contributed by atoms with Crippen LogP contribution in [0.5, 0.6) is 5.88 Å². The first-order chi connectivity index (χ1) is 8.20. The van der Waals surface area contributed by atoms with E-state index in [1.807, 2.05) is 12.1 Å². The molecule has 0 aliphatic rings. The van der Waals surface area contributed by atoms with Gasteiger partial charge in [0.2, 0.25) is 5.88 Å². The van der Waals surface area contributed by atoms with Crippen molar-refractivity contribution in [1.29, 1.82) is 0 Å². The topological polar surface area (TPSA) is 70.1 Å². The predicted octanol–water partition coefficient (Wildman–Crippen LogP) is 0.882. The number of rotatable bonds is 3. The summed E-state index contributed by atoms with van der Waals surface area (Å²) in [5, 5.41) is 0. The van der Waals surface area contributed by atoms with Gasteiger partial charge < -0.3 is 15.0 Å². The summed E-state index contributed by atoms with van der Waals surface area (Å²) in [6, 6.07) is 8.73. The lowest BCUT2D eigenvalue weighted by molar-refractivity contribution is 0.396. The molecule has 0 aromatic carbocycles. The van der Waals surface area contributed by atoms with E-state index in [2.05, 4.69) is 4.98 Å². The molecule has 0 aliphatic carbocycles. The maximum absolute atomic E-state index is 11.7. The van der Waals surface area contributed by atoms with Gasteiger partial charge in [0.15, 0.2) is 0 Å². The second-order valence-corrected chi connectivity index (χ2v) is 3.57. The average Bonchev–Trinajstić information content (AvgIpc) is 2.35. The van der Waals surface area contributed by atoms with Gasteiger partial charge in [-0.25, -0.2) is 4.98 Å². The van der Waals surface area contributed by atoms with Crippen LogP contribution in [-0.2, 0) is 6.54 Å². The third-order valence-electron chi connectivity index (χ3n) is 2.37. The normalized spacial score (nSPS) is 10.2. The van der Waals surface area contributed by atoms with Crippen molar-refractivity contribution in [3.63, 3.8) is 0 Å². The highest BCUT2D eigenvalue weighted by atomic mass is 16.5. The van der Waals surface area contributed by atoms with E-state index < -0.39 is 0 Å². The number of anilines is 1. The molecule has 5 nitrogen and oxygen atoms in total. The van der Waals surface area contributed by atoms with Crippen LogP contribution in [0.4, 0.5) is 5.69 Å². The molecule has 2 aromatic rings. The van der Waals surface area contributed by atoms with E-state index in [1.165, 1.54) is 4.57 Å². The minimum atomic E-state index is -0.211. The summed E-state index contributed by atoms with van der Waals surface area (Å²) < 4.78 is 6.53. The molecule has 0 saturated carbocycles. The van der Waals surface area contributed by atoms with E-state index in [1.54, 1.807) is 31.5 Å². The Hall–Kier alpha value is -2.30. The van der Waals surface area contributed by atoms with Gasteiger partial charge in [0.05, 0.1) is 25.0 Å². The SMILES string of the molecule is COc1cccc(Cn2cccc(N)c2=O)n1. The summed E-state index contributed by atoms with van der Waals surface area (Å²) in [6.07, 6.45) is 1.68. The lowest BCUT2D eigenvalue weighted by atomic mass is 10.3. The van der Waals surface area contributed by atoms with Crippen LogP contribution in [0.15, 0.2) is 41.3 Å². The first-order valence-corrected chi connectivity index (χ1v) is 5.15. The van der Waals surface area contributed by atoms with Crippen molar-refractivity contribution in [2.24, 2.45) is 0 Å². The number of pyridine rings is 2. The maximum atomic E-state index is 11.7. The zero-order valence-electron chi connectivity index (χ0n) is 9.46. The summed E-state index contributed by atoms with van der Waals surface area (Å²) >= 11 is 0. The molecule has 0 spiro atoms. The van der Waals surface area contributed by atoms with Crippen molar-refractivity contribution in [3.8, 4) is 5.88 Å². The summed E-state index contributed by atoms with van der Waals surface area (Å²) in [5.74, 6) is 0.527. The van der Waals surface area contributed by atoms with Gasteiger partial charge in [0.1, 0.15) is 0 Å². The second kappa shape index (κ2) is 4.69. The lowest BCUT2D eigenvalue weighted by Gasteiger charge is -2.06. The standard InChI is InChI=1S/C12H13N3O2/c1-17-11-6-2-4-9(14-11)8-15-7-3-5-10(13)12(15)16/h2-7H,8,13H2,1H3. The highest BCUT2D eigenvalue weighted by Gasteiger charge is 2.02. The van der Waals surface area contributed by atoms with Crippen molar-refractivity contribution < 1.29 is 4.74 Å². The van der Waals surface area contributed by atoms with Gasteiger partial charge in [0, 0.05) is 12.3 Å². The second-order valence-electron chi connectivity index (χ2n) is 3.57. The third kappa shape index (κ3) is 2.44. The first-order valence-electron chi connectivity index (χ1n) is 5.15. The van der Waals surface area contributed by atoms with Gasteiger partial charge >= 0.3 is 0 Å². The molecule has 2 aromatic heterocycles. The Labute approximate surface area is 98.5 Å². The number of nitrogens with two attached hydrogens (primary N) is 1. The first kappa shape index (κ1) is 11.2. The molecule has 5 heteroatoms. The van der Waals surface area contributed by atoms with Crippen LogP contribution in [0.1, 0.15) is 5.69 Å². The summed E-state index contributed by atoms with van der Waals surface area (Å²) in [7, 11) is 1.55. The number of methoxy groups -OCH3 is 1. The Kier molecular flexibility index (Phi) is 3.09. The highest BCUT2D eigenvalue weighted by Crippen LogP contribution is 2.07. The molecule has 2 N–H and O–H groups in total. The van der Waals surface area contributed by atoms with Gasteiger partial charge in [0.25, 0.3) is 5.56 Å². The Morgan fingerprint density at radius 3 is 2.94 bits per heavy atom. The molecule has 0 unspecified atom stereocenters. The van der Waals surface area contributed by atoms with Crippen LogP contribution < -0.4 is 16.0 Å². The number of nitrogens with zero attached hydrogens (tertiary/aromatic N) is 2. The zero-order chi connectivity index (χ0) is 12.3. The van der Waals surface area contributed by atoms with Gasteiger partial charge in [-0.1, -0.05) is 6.07 Å². The van der Waals surface area contributed by atoms with E-state index in [0.717, 1.165) is 5.69 Å². The summed E-state index contributed by atoms with van der Waals surface area (Å²) in [4.78, 5) is 15.9. The number of ether oxygens (including phenoxy) is 1. The summed E-state index contributed by atoms with van der Waals surface area (Å²) in [6.45, 7) is 0.376. The van der Waals surface area contributed by atoms with Crippen LogP contribution in [0.2, 0.25) is 0 Å². The van der Waals surface area contributed by atoms with Crippen molar-refractivity contribution in [3.05, 3.63) is 52.6 Å². The van der Waals surface area contributed by atoms with Gasteiger partial charge in [-0.15, -0.1) is 0 Å². The molecule has 0 radical (unpaired) electrons. The van der Waals surface area contributed by atoms with Crippen LogP contribution in [-0.4, -0.2) is 16.7 Å². The minimum Gasteiger partial charge on any atom is -0.481 e. The molecule has 88 valence electrons. The van der Waals surface area contributed by atoms with Crippen LogP contribution >= 0.6 is 0 Å². The molecule has 0 fully saturated rings. The monoisotopic (exact) mass is 231 g/mol. The number of aromatic nitrogens is 2. The Morgan fingerprint density at radius 2 is 2.18 bits per heavy atom. The highest BCUT2D eigenvalue weighted by molar-refractivity contribution is 5.33. The van der Waals surface area contributed by atoms with Gasteiger partial charge in [-0.3, -0.25) is 4.79 Å². The third-order valence-corrected chi connectivity index (χ3v) is 2.37. The Bertz CT molecular complexity index is 578. The molecule has 0 amide bonds. The number of hydrogen-bond acceptors (Lipinski definition) is 4. The van der Waals surface area contributed by atoms with E-state index in [-0.39, 0.29) is 11.2 Å². The fourth-order valence-corrected chi connectivity index (χ4v) is 1.51. The molecule has 2 heterocycles. The maximum Gasteiger partial charge on any atom is 0.274 e. The minimum absolute atomic E-state index is 0.211. The smallest absolute Gasteiger partial charge is 0.274 e. The van der Waals surface area contributed by atoms with Crippen molar-refractivity contribution in [2.45, 2.75) is 6.54 Å². The fourth-order valence-electron chi connectivity index (χ4n) is 1.51. The Morgan fingerprint density at radius 1 is 1.35 bits per heavy atom. The lowest BCUT2D eigenvalue weighted by Crippen LogP contribution is -2.22. The fraction of sp³-hybridized carbons (Fsp3) is 0.167. The molecular formula is C12H13N3O2. The molecule has 0 saturated heterocycles. The van der Waals surface area contributed by atoms with Crippen molar-refractivity contribution in [2.75, 3.05) is 12.8 Å². The van der Waals surface area contributed by atoms with E-state index in [9.17, 15) is 4.79 Å². The van der Waals surface area contributed by atoms with Gasteiger partial charge in [-0.05, 0) is 18.2 Å². The van der Waals surface area contributed by atoms with Gasteiger partial charge in [-0.2, -0.15) is 0 Å². The van der Waals surface area contributed by atoms with E-state index >= 15 is 0 Å². The molecule has 0 bridgehead atoms. The number of hydrogen-bond donors (Lipinski definition) is 1. The van der Waals surface area contributed by atoms with E-state index in [0.29, 0.717) is 12.4 Å². The molecule has 0 aliphatic heterocycles. The van der Waals surface area contributed by atoms with E-state index in [4.69, 9.17) is 10.5 Å². The Balaban J connectivity index is 2.31. The largest absolute Gasteiger partial charge is 0.481 e. The zero-order valence-corrected chi connectivity index (χ0v) is 9.46. The molecular weight excluding hydrogens is 218 g/mol. The average molecular weight is 231 g/mol. The molecule has 17 heavy (non-hydrogen) atoms. The summed E-state index contributed by atoms with van der Waals surface area (Å²) in [5.41, 5.74) is 6.32. The van der Waals surface area contributed by atoms with Crippen molar-refractivity contribution >= 4 is 5.69 Å².